The van der Waals surface area contributed by atoms with Crippen LogP contribution in [0.4, 0.5) is 35.3 Å². The molecule has 1 aliphatic heterocycles. The maximum atomic E-state index is 13.5. The van der Waals surface area contributed by atoms with Crippen molar-refractivity contribution in [2.24, 2.45) is 0 Å². The Morgan fingerprint density at radius 3 is 2.30 bits per heavy atom. The molecule has 14 heteroatoms. The highest BCUT2D eigenvalue weighted by atomic mass is 28.4. The smallest absolute Gasteiger partial charge is 0.497 e. The number of hydrogen-bond donors (Lipinski definition) is 1. The number of nitrogens with one attached hydrogen (secondary N) is 1. The number of methoxy groups -OCH3 is 1. The van der Waals surface area contributed by atoms with E-state index in [4.69, 9.17) is 19.2 Å². The number of nitrogens with zero attached hydrogens (tertiary/aromatic N) is 5. The Labute approximate surface area is 292 Å². The Kier molecular flexibility index (Phi) is 10.5. The summed E-state index contributed by atoms with van der Waals surface area (Å²) in [4.78, 5) is 21.7. The zero-order valence-electron chi connectivity index (χ0n) is 29.8. The maximum Gasteiger partial charge on any atom is 0.573 e. The van der Waals surface area contributed by atoms with Gasteiger partial charge in [-0.15, -0.1) is 18.3 Å². The van der Waals surface area contributed by atoms with Crippen molar-refractivity contribution in [3.63, 3.8) is 0 Å². The Balaban J connectivity index is 1.44. The van der Waals surface area contributed by atoms with Crippen molar-refractivity contribution in [1.29, 1.82) is 0 Å². The second-order valence-corrected chi connectivity index (χ2v) is 18.7. The molecule has 2 amide bonds. The van der Waals surface area contributed by atoms with E-state index in [-0.39, 0.29) is 16.8 Å². The summed E-state index contributed by atoms with van der Waals surface area (Å²) >= 11 is 0. The molecule has 0 spiro atoms. The highest BCUT2D eigenvalue weighted by molar-refractivity contribution is 6.74. The minimum absolute atomic E-state index is 0.0141. The standard InChI is InChI=1S/C36H45F3N6O4Si/c1-24-21-28(49-36(37,38)39)13-14-30(24)41-33-29(16-20-48-50(7,8)35(3,4)5)31(22-25(2)40-33)45-17-15-32(42-45)44-19-18-43(34(44)46)23-26-9-11-27(47-6)12-10-26/h9-15,17,21-22H,16,18-20,23H2,1-8H3,(H,40,41). The SMILES string of the molecule is COc1ccc(CN2CCN(c3ccn(-c4cc(C)nc(Nc5ccc(OC(F)(F)F)cc5C)c4CCO[Si](C)(C)C(C)(C)C)n3)C2=O)cc1. The van der Waals surface area contributed by atoms with E-state index < -0.39 is 14.7 Å². The van der Waals surface area contributed by atoms with Gasteiger partial charge < -0.3 is 24.1 Å². The van der Waals surface area contributed by atoms with Crippen LogP contribution in [0.25, 0.3) is 5.69 Å². The molecule has 2 aromatic heterocycles. The Hall–Kier alpha value is -4.56. The predicted molar refractivity (Wildman–Crippen MR) is 190 cm³/mol. The number of benzene rings is 2. The van der Waals surface area contributed by atoms with Crippen LogP contribution in [0, 0.1) is 13.8 Å². The van der Waals surface area contributed by atoms with E-state index in [0.29, 0.717) is 61.2 Å². The van der Waals surface area contributed by atoms with Gasteiger partial charge in [0.2, 0.25) is 0 Å². The predicted octanol–water partition coefficient (Wildman–Crippen LogP) is 8.54. The maximum absolute atomic E-state index is 13.5. The van der Waals surface area contributed by atoms with Crippen molar-refractivity contribution in [2.75, 3.05) is 37.0 Å². The molecule has 1 N–H and O–H groups in total. The highest BCUT2D eigenvalue weighted by Crippen LogP contribution is 2.37. The number of aryl methyl sites for hydroxylation is 2. The normalized spacial score (nSPS) is 14.0. The lowest BCUT2D eigenvalue weighted by atomic mass is 10.1. The van der Waals surface area contributed by atoms with E-state index in [1.807, 2.05) is 49.5 Å². The number of alkyl halides is 3. The third kappa shape index (κ3) is 8.59. The third-order valence-corrected chi connectivity index (χ3v) is 13.8. The van der Waals surface area contributed by atoms with Crippen LogP contribution in [0.1, 0.15) is 43.2 Å². The molecule has 10 nitrogen and oxygen atoms in total. The van der Waals surface area contributed by atoms with Gasteiger partial charge in [0.25, 0.3) is 0 Å². The van der Waals surface area contributed by atoms with Gasteiger partial charge in [-0.05, 0) is 79.5 Å². The molecule has 0 radical (unpaired) electrons. The molecule has 268 valence electrons. The first-order chi connectivity index (χ1) is 23.4. The van der Waals surface area contributed by atoms with E-state index in [1.54, 1.807) is 34.6 Å². The number of hydrogen-bond acceptors (Lipinski definition) is 7. The Morgan fingerprint density at radius 2 is 1.66 bits per heavy atom. The Morgan fingerprint density at radius 1 is 0.960 bits per heavy atom. The number of amides is 2. The molecular weight excluding hydrogens is 666 g/mol. The summed E-state index contributed by atoms with van der Waals surface area (Å²) in [6, 6.07) is 15.4. The van der Waals surface area contributed by atoms with Crippen LogP contribution in [0.5, 0.6) is 11.5 Å². The van der Waals surface area contributed by atoms with Crippen LogP contribution in [0.2, 0.25) is 18.1 Å². The lowest BCUT2D eigenvalue weighted by Crippen LogP contribution is -2.41. The first-order valence-corrected chi connectivity index (χ1v) is 19.4. The van der Waals surface area contributed by atoms with Gasteiger partial charge in [-0.3, -0.25) is 4.90 Å². The lowest BCUT2D eigenvalue weighted by Gasteiger charge is -2.36. The number of rotatable bonds is 12. The molecular formula is C36H45F3N6O4Si. The summed E-state index contributed by atoms with van der Waals surface area (Å²) in [6.07, 6.45) is -2.48. The quantitative estimate of drug-likeness (QED) is 0.147. The molecule has 1 aliphatic rings. The number of carbonyl (C=O) groups excluding carboxylic acids is 1. The number of aromatic nitrogens is 3. The number of ether oxygens (including phenoxy) is 2. The van der Waals surface area contributed by atoms with Gasteiger partial charge in [0.15, 0.2) is 14.1 Å². The molecule has 5 rings (SSSR count). The van der Waals surface area contributed by atoms with Gasteiger partial charge >= 0.3 is 12.4 Å². The second-order valence-electron chi connectivity index (χ2n) is 13.9. The van der Waals surface area contributed by atoms with E-state index >= 15 is 0 Å². The molecule has 0 saturated carbocycles. The molecule has 4 aromatic rings. The summed E-state index contributed by atoms with van der Waals surface area (Å²) in [6.45, 7) is 16.5. The minimum atomic E-state index is -4.79. The lowest BCUT2D eigenvalue weighted by molar-refractivity contribution is -0.274. The zero-order valence-corrected chi connectivity index (χ0v) is 30.8. The van der Waals surface area contributed by atoms with Crippen molar-refractivity contribution in [3.05, 3.63) is 83.2 Å². The molecule has 50 heavy (non-hydrogen) atoms. The van der Waals surface area contributed by atoms with Gasteiger partial charge in [0.1, 0.15) is 17.3 Å². The fourth-order valence-electron chi connectivity index (χ4n) is 5.45. The van der Waals surface area contributed by atoms with Crippen LogP contribution in [-0.4, -0.2) is 67.2 Å². The number of pyridine rings is 1. The fraction of sp³-hybridized carbons (Fsp3) is 0.417. The first kappa shape index (κ1) is 36.7. The van der Waals surface area contributed by atoms with Crippen LogP contribution in [0.3, 0.4) is 0 Å². The summed E-state index contributed by atoms with van der Waals surface area (Å²) in [7, 11) is -0.461. The summed E-state index contributed by atoms with van der Waals surface area (Å²) < 4.78 is 56.2. The van der Waals surface area contributed by atoms with Crippen LogP contribution in [0.15, 0.2) is 60.8 Å². The summed E-state index contributed by atoms with van der Waals surface area (Å²) in [5.41, 5.74) is 4.39. The number of halogens is 3. The monoisotopic (exact) mass is 710 g/mol. The van der Waals surface area contributed by atoms with Crippen molar-refractivity contribution in [3.8, 4) is 17.2 Å². The van der Waals surface area contributed by atoms with E-state index in [1.165, 1.54) is 12.1 Å². The third-order valence-electron chi connectivity index (χ3n) is 9.26. The number of carbonyl (C=O) groups is 1. The van der Waals surface area contributed by atoms with Crippen molar-refractivity contribution in [1.82, 2.24) is 19.7 Å². The van der Waals surface area contributed by atoms with Gasteiger partial charge in [-0.2, -0.15) is 0 Å². The fourth-order valence-corrected chi connectivity index (χ4v) is 6.49. The first-order valence-electron chi connectivity index (χ1n) is 16.5. The average Bonchev–Trinajstić information content (AvgIpc) is 3.65. The highest BCUT2D eigenvalue weighted by Gasteiger charge is 2.37. The molecule has 0 unspecified atom stereocenters. The molecule has 1 fully saturated rings. The van der Waals surface area contributed by atoms with E-state index in [9.17, 15) is 18.0 Å². The number of anilines is 3. The largest absolute Gasteiger partial charge is 0.573 e. The molecule has 0 aliphatic carbocycles. The molecule has 0 atom stereocenters. The van der Waals surface area contributed by atoms with Gasteiger partial charge in [-0.25, -0.2) is 14.5 Å². The number of urea groups is 1. The van der Waals surface area contributed by atoms with E-state index in [0.717, 1.165) is 22.6 Å². The van der Waals surface area contributed by atoms with Crippen LogP contribution < -0.4 is 19.7 Å². The molecule has 0 bridgehead atoms. The summed E-state index contributed by atoms with van der Waals surface area (Å²) in [5, 5.41) is 8.22. The molecule has 3 heterocycles. The molecule has 2 aromatic carbocycles. The summed E-state index contributed by atoms with van der Waals surface area (Å²) in [5.74, 6) is 1.51. The van der Waals surface area contributed by atoms with Gasteiger partial charge in [0, 0.05) is 61.9 Å². The van der Waals surface area contributed by atoms with Gasteiger partial charge in [0.05, 0.1) is 12.8 Å². The van der Waals surface area contributed by atoms with Crippen molar-refractivity contribution in [2.45, 2.75) is 72.1 Å². The minimum Gasteiger partial charge on any atom is -0.497 e. The topological polar surface area (TPSA) is 94.0 Å². The van der Waals surface area contributed by atoms with Crippen molar-refractivity contribution < 1.29 is 31.9 Å². The average molecular weight is 711 g/mol. The Bertz CT molecular complexity index is 1820. The van der Waals surface area contributed by atoms with E-state index in [2.05, 4.69) is 43.9 Å². The zero-order chi connectivity index (χ0) is 36.4. The molecule has 1 saturated heterocycles. The second kappa shape index (κ2) is 14.4. The van der Waals surface area contributed by atoms with Crippen LogP contribution >= 0.6 is 0 Å². The van der Waals surface area contributed by atoms with Gasteiger partial charge in [-0.1, -0.05) is 32.9 Å². The van der Waals surface area contributed by atoms with Crippen LogP contribution in [-0.2, 0) is 17.4 Å². The van der Waals surface area contributed by atoms with Crippen molar-refractivity contribution >= 4 is 31.7 Å².